The Morgan fingerprint density at radius 1 is 1.41 bits per heavy atom. The number of amides is 2. The molecular formula is C19H19N3O5S5. The first-order valence-electron chi connectivity index (χ1n) is 9.44. The number of fused-ring (bicyclic) bond motifs is 1. The minimum absolute atomic E-state index is 0.00204. The van der Waals surface area contributed by atoms with E-state index in [1.165, 1.54) is 39.8 Å². The van der Waals surface area contributed by atoms with Gasteiger partial charge in [0.05, 0.1) is 29.9 Å². The van der Waals surface area contributed by atoms with Crippen LogP contribution in [0.15, 0.2) is 37.2 Å². The number of aliphatic carboxylic acids is 1. The molecule has 32 heavy (non-hydrogen) atoms. The molecule has 13 heteroatoms. The summed E-state index contributed by atoms with van der Waals surface area (Å²) in [5, 5.41) is 14.7. The second-order valence-corrected chi connectivity index (χ2v) is 13.2. The maximum absolute atomic E-state index is 12.7. The number of carbonyl (C=O) groups excluding carboxylic acids is 2. The Balaban J connectivity index is 1.42. The van der Waals surface area contributed by atoms with E-state index in [2.05, 4.69) is 10.3 Å². The molecule has 2 aliphatic heterocycles. The quantitative estimate of drug-likeness (QED) is 0.396. The number of hydrogen-bond donors (Lipinski definition) is 2. The molecule has 2 aromatic heterocycles. The molecule has 2 N–H and O–H groups in total. The van der Waals surface area contributed by atoms with E-state index in [4.69, 9.17) is 0 Å². The van der Waals surface area contributed by atoms with Crippen LogP contribution in [0.3, 0.4) is 0 Å². The fourth-order valence-corrected chi connectivity index (χ4v) is 9.00. The van der Waals surface area contributed by atoms with Gasteiger partial charge in [0.1, 0.15) is 22.9 Å². The van der Waals surface area contributed by atoms with Gasteiger partial charge in [-0.3, -0.25) is 18.7 Å². The first-order chi connectivity index (χ1) is 15.3. The summed E-state index contributed by atoms with van der Waals surface area (Å²) in [7, 11) is -1.47. The lowest BCUT2D eigenvalue weighted by Gasteiger charge is -2.49. The molecule has 0 spiro atoms. The average molecular weight is 530 g/mol. The van der Waals surface area contributed by atoms with Gasteiger partial charge in [0.25, 0.3) is 5.91 Å². The lowest BCUT2D eigenvalue weighted by Crippen LogP contribution is -2.70. The third kappa shape index (κ3) is 4.67. The van der Waals surface area contributed by atoms with Gasteiger partial charge in [-0.1, -0.05) is 6.07 Å². The van der Waals surface area contributed by atoms with Crippen molar-refractivity contribution in [2.75, 3.05) is 17.3 Å². The number of hydrogen-bond acceptors (Lipinski definition) is 9. The molecule has 0 aliphatic carbocycles. The predicted molar refractivity (Wildman–Crippen MR) is 128 cm³/mol. The summed E-state index contributed by atoms with van der Waals surface area (Å²) < 4.78 is 13.9. The van der Waals surface area contributed by atoms with Crippen LogP contribution in [0.4, 0.5) is 0 Å². The Labute approximate surface area is 203 Å². The van der Waals surface area contributed by atoms with Gasteiger partial charge in [-0.15, -0.1) is 46.2 Å². The van der Waals surface area contributed by atoms with E-state index in [0.29, 0.717) is 21.3 Å². The summed E-state index contributed by atoms with van der Waals surface area (Å²) >= 11 is 5.81. The van der Waals surface area contributed by atoms with Crippen molar-refractivity contribution < 1.29 is 23.7 Å². The van der Waals surface area contributed by atoms with Crippen LogP contribution in [0.25, 0.3) is 0 Å². The van der Waals surface area contributed by atoms with Crippen molar-refractivity contribution in [2.45, 2.75) is 33.7 Å². The number of carboxylic acids is 1. The van der Waals surface area contributed by atoms with Crippen LogP contribution in [0.5, 0.6) is 0 Å². The van der Waals surface area contributed by atoms with E-state index in [9.17, 15) is 23.7 Å². The van der Waals surface area contributed by atoms with Crippen molar-refractivity contribution in [1.29, 1.82) is 0 Å². The van der Waals surface area contributed by atoms with Crippen LogP contribution in [0, 0.1) is 13.8 Å². The van der Waals surface area contributed by atoms with Crippen LogP contribution in [0.1, 0.15) is 10.7 Å². The van der Waals surface area contributed by atoms with Gasteiger partial charge in [-0.25, -0.2) is 9.78 Å². The summed E-state index contributed by atoms with van der Waals surface area (Å²) in [6.07, 6.45) is 0. The summed E-state index contributed by atoms with van der Waals surface area (Å²) in [4.78, 5) is 42.7. The molecule has 2 aromatic rings. The molecule has 0 aromatic carbocycles. The Bertz CT molecular complexity index is 1130. The molecule has 170 valence electrons. The molecule has 1 fully saturated rings. The lowest BCUT2D eigenvalue weighted by atomic mass is 10.0. The van der Waals surface area contributed by atoms with Crippen molar-refractivity contribution in [2.24, 2.45) is 0 Å². The minimum atomic E-state index is -1.47. The van der Waals surface area contributed by atoms with Gasteiger partial charge in [0.2, 0.25) is 5.91 Å². The Morgan fingerprint density at radius 2 is 2.19 bits per heavy atom. The van der Waals surface area contributed by atoms with E-state index in [1.54, 1.807) is 28.8 Å². The Morgan fingerprint density at radius 3 is 2.81 bits per heavy atom. The van der Waals surface area contributed by atoms with Crippen molar-refractivity contribution >= 4 is 74.8 Å². The average Bonchev–Trinajstić information content (AvgIpc) is 3.39. The minimum Gasteiger partial charge on any atom is -0.477 e. The fourth-order valence-electron chi connectivity index (χ4n) is 3.39. The SMILES string of the molecule is Cc1nc(C)c(SCC2=C(C(=O)O)N3C(=O)C(NC(=O)CS(=O)c4cccs4)[C@H]3SC2)s1. The summed E-state index contributed by atoms with van der Waals surface area (Å²) in [5.41, 5.74) is 1.59. The zero-order chi connectivity index (χ0) is 23.0. The van der Waals surface area contributed by atoms with Gasteiger partial charge in [-0.2, -0.15) is 0 Å². The van der Waals surface area contributed by atoms with Crippen molar-refractivity contribution in [3.05, 3.63) is 39.5 Å². The number of carboxylic acid groups (broad SMARTS) is 1. The number of aryl methyl sites for hydroxylation is 2. The predicted octanol–water partition coefficient (Wildman–Crippen LogP) is 2.46. The topological polar surface area (TPSA) is 117 Å². The third-order valence-corrected chi connectivity index (χ3v) is 11.3. The molecule has 2 aliphatic rings. The Kier molecular flexibility index (Phi) is 7.10. The van der Waals surface area contributed by atoms with E-state index < -0.39 is 40.0 Å². The maximum atomic E-state index is 12.7. The van der Waals surface area contributed by atoms with Crippen LogP contribution in [-0.4, -0.2) is 65.7 Å². The number of thiazole rings is 1. The van der Waals surface area contributed by atoms with Crippen LogP contribution >= 0.6 is 46.2 Å². The number of rotatable bonds is 8. The van der Waals surface area contributed by atoms with Gasteiger partial charge < -0.3 is 10.4 Å². The van der Waals surface area contributed by atoms with Gasteiger partial charge in [-0.05, 0) is 30.9 Å². The second-order valence-electron chi connectivity index (χ2n) is 7.03. The molecule has 3 atom stereocenters. The van der Waals surface area contributed by atoms with Crippen molar-refractivity contribution in [3.8, 4) is 0 Å². The van der Waals surface area contributed by atoms with Crippen LogP contribution in [0.2, 0.25) is 0 Å². The molecule has 0 bridgehead atoms. The van der Waals surface area contributed by atoms with Crippen LogP contribution in [-0.2, 0) is 25.2 Å². The van der Waals surface area contributed by atoms with Gasteiger partial charge >= 0.3 is 5.97 Å². The number of thioether (sulfide) groups is 2. The third-order valence-electron chi connectivity index (χ3n) is 4.79. The van der Waals surface area contributed by atoms with E-state index in [1.807, 2.05) is 13.8 Å². The molecule has 1 saturated heterocycles. The number of carbonyl (C=O) groups is 3. The highest BCUT2D eigenvalue weighted by molar-refractivity contribution is 8.02. The standard InChI is InChI=1S/C19H19N3O5S5/c1-9-19(31-10(2)20-9)30-7-11-6-29-17-14(16(24)22(17)15(11)18(25)26)21-12(23)8-32(27)13-4-3-5-28-13/h3-5,14,17H,6-8H2,1-2H3,(H,21,23)(H,25,26)/t14?,17-,32?/m1/s1. The van der Waals surface area contributed by atoms with Gasteiger partial charge in [0, 0.05) is 11.5 Å². The van der Waals surface area contributed by atoms with E-state index in [0.717, 1.165) is 14.9 Å². The number of thiophene rings is 1. The first-order valence-corrected chi connectivity index (χ1v) is 14.5. The summed E-state index contributed by atoms with van der Waals surface area (Å²) in [5.74, 6) is -1.44. The smallest absolute Gasteiger partial charge is 0.352 e. The monoisotopic (exact) mass is 529 g/mol. The molecular weight excluding hydrogens is 511 g/mol. The van der Waals surface area contributed by atoms with Crippen molar-refractivity contribution in [3.63, 3.8) is 0 Å². The molecule has 2 unspecified atom stereocenters. The van der Waals surface area contributed by atoms with Crippen molar-refractivity contribution in [1.82, 2.24) is 15.2 Å². The second kappa shape index (κ2) is 9.67. The summed E-state index contributed by atoms with van der Waals surface area (Å²) in [6.45, 7) is 3.84. The Hall–Kier alpha value is -1.67. The normalized spacial score (nSPS) is 21.2. The number of aromatic nitrogens is 1. The molecule has 0 saturated carbocycles. The zero-order valence-corrected chi connectivity index (χ0v) is 21.1. The zero-order valence-electron chi connectivity index (χ0n) is 17.0. The maximum Gasteiger partial charge on any atom is 0.352 e. The first kappa shape index (κ1) is 23.5. The van der Waals surface area contributed by atoms with E-state index >= 15 is 0 Å². The van der Waals surface area contributed by atoms with Crippen LogP contribution < -0.4 is 5.32 Å². The highest BCUT2D eigenvalue weighted by Crippen LogP contribution is 2.42. The largest absolute Gasteiger partial charge is 0.477 e. The summed E-state index contributed by atoms with van der Waals surface area (Å²) in [6, 6.07) is 2.64. The molecule has 0 radical (unpaired) electrons. The highest BCUT2D eigenvalue weighted by Gasteiger charge is 2.54. The molecule has 4 rings (SSSR count). The lowest BCUT2D eigenvalue weighted by molar-refractivity contribution is -0.150. The molecule has 4 heterocycles. The molecule has 8 nitrogen and oxygen atoms in total. The van der Waals surface area contributed by atoms with Gasteiger partial charge in [0.15, 0.2) is 0 Å². The number of β-lactam (4-membered cyclic amide) rings is 1. The highest BCUT2D eigenvalue weighted by atomic mass is 32.2. The number of nitrogens with one attached hydrogen (secondary N) is 1. The molecule has 2 amide bonds. The number of nitrogens with zero attached hydrogens (tertiary/aromatic N) is 2. The van der Waals surface area contributed by atoms with E-state index in [-0.39, 0.29) is 11.4 Å². The fraction of sp³-hybridized carbons (Fsp3) is 0.368.